The molecule has 0 saturated heterocycles. The molecule has 0 amide bonds. The van der Waals surface area contributed by atoms with Crippen molar-refractivity contribution >= 4 is 14.3 Å². The highest BCUT2D eigenvalue weighted by atomic mass is 28.4. The lowest BCUT2D eigenvalue weighted by Crippen LogP contribution is -2.41. The summed E-state index contributed by atoms with van der Waals surface area (Å²) in [6, 6.07) is 1.13. The first-order chi connectivity index (χ1) is 17.4. The SMILES string of the molecule is CCCCCCCCCCCC(CC)OC(=O)C(CCCCCCCCCC)O[Si](C)(C)CCCC. The summed E-state index contributed by atoms with van der Waals surface area (Å²) in [5, 5.41) is 0. The van der Waals surface area contributed by atoms with Gasteiger partial charge in [-0.1, -0.05) is 143 Å². The average molecular weight is 527 g/mol. The summed E-state index contributed by atoms with van der Waals surface area (Å²) in [5.41, 5.74) is 0. The minimum atomic E-state index is -1.86. The highest BCUT2D eigenvalue weighted by Crippen LogP contribution is 2.23. The molecular weight excluding hydrogens is 460 g/mol. The maximum atomic E-state index is 13.2. The van der Waals surface area contributed by atoms with E-state index in [1.807, 2.05) is 0 Å². The van der Waals surface area contributed by atoms with E-state index < -0.39 is 8.32 Å². The van der Waals surface area contributed by atoms with Crippen LogP contribution in [0.3, 0.4) is 0 Å². The Balaban J connectivity index is 4.50. The van der Waals surface area contributed by atoms with Crippen molar-refractivity contribution in [2.45, 2.75) is 200 Å². The van der Waals surface area contributed by atoms with Gasteiger partial charge in [-0.3, -0.25) is 0 Å². The molecule has 0 aromatic carbocycles. The summed E-state index contributed by atoms with van der Waals surface area (Å²) in [5.74, 6) is -0.0854. The Hall–Kier alpha value is -0.353. The molecule has 0 heterocycles. The third-order valence-corrected chi connectivity index (χ3v) is 10.0. The van der Waals surface area contributed by atoms with E-state index in [0.717, 1.165) is 31.7 Å². The van der Waals surface area contributed by atoms with Crippen molar-refractivity contribution in [3.8, 4) is 0 Å². The molecule has 2 unspecified atom stereocenters. The standard InChI is InChI=1S/C32H66O3Si/c1-7-11-14-16-18-20-21-23-25-27-30(10-4)34-32(33)31(35-36(5,6)29-13-9-3)28-26-24-22-19-17-15-12-8-2/h30-31H,7-29H2,1-6H3. The third-order valence-electron chi connectivity index (χ3n) is 7.54. The molecule has 0 radical (unpaired) electrons. The minimum absolute atomic E-state index is 0.0483. The van der Waals surface area contributed by atoms with Crippen molar-refractivity contribution < 1.29 is 14.0 Å². The Morgan fingerprint density at radius 2 is 1.00 bits per heavy atom. The summed E-state index contributed by atoms with van der Waals surface area (Å²) in [7, 11) is -1.86. The van der Waals surface area contributed by atoms with Gasteiger partial charge in [0.25, 0.3) is 0 Å². The number of hydrogen-bond acceptors (Lipinski definition) is 3. The van der Waals surface area contributed by atoms with Crippen LogP contribution < -0.4 is 0 Å². The molecule has 0 aliphatic rings. The van der Waals surface area contributed by atoms with Crippen molar-refractivity contribution in [1.82, 2.24) is 0 Å². The van der Waals surface area contributed by atoms with Crippen LogP contribution in [0, 0.1) is 0 Å². The number of carbonyl (C=O) groups is 1. The molecular formula is C32H66O3Si. The van der Waals surface area contributed by atoms with Crippen LogP contribution in [0.1, 0.15) is 169 Å². The van der Waals surface area contributed by atoms with E-state index in [2.05, 4.69) is 40.8 Å². The van der Waals surface area contributed by atoms with Crippen LogP contribution in [0.4, 0.5) is 0 Å². The van der Waals surface area contributed by atoms with E-state index in [9.17, 15) is 4.79 Å². The first-order valence-corrected chi connectivity index (χ1v) is 19.4. The van der Waals surface area contributed by atoms with Gasteiger partial charge in [-0.05, 0) is 44.8 Å². The molecule has 2 atom stereocenters. The zero-order chi connectivity index (χ0) is 26.9. The number of hydrogen-bond donors (Lipinski definition) is 0. The maximum Gasteiger partial charge on any atom is 0.334 e. The normalized spacial score (nSPS) is 13.6. The Bertz CT molecular complexity index is 480. The van der Waals surface area contributed by atoms with Gasteiger partial charge in [-0.25, -0.2) is 4.79 Å². The van der Waals surface area contributed by atoms with Gasteiger partial charge in [-0.2, -0.15) is 0 Å². The topological polar surface area (TPSA) is 35.5 Å². The molecule has 216 valence electrons. The molecule has 0 aromatic rings. The van der Waals surface area contributed by atoms with Crippen molar-refractivity contribution in [2.24, 2.45) is 0 Å². The van der Waals surface area contributed by atoms with Gasteiger partial charge in [0, 0.05) is 0 Å². The van der Waals surface area contributed by atoms with Gasteiger partial charge >= 0.3 is 5.97 Å². The predicted octanol–water partition coefficient (Wildman–Crippen LogP) is 11.2. The third kappa shape index (κ3) is 21.7. The molecule has 0 aliphatic carbocycles. The molecule has 0 fully saturated rings. The van der Waals surface area contributed by atoms with Crippen LogP contribution in [0.15, 0.2) is 0 Å². The lowest BCUT2D eigenvalue weighted by molar-refractivity contribution is -0.159. The van der Waals surface area contributed by atoms with Gasteiger partial charge in [0.1, 0.15) is 12.2 Å². The first kappa shape index (κ1) is 35.6. The Labute approximate surface area is 228 Å². The lowest BCUT2D eigenvalue weighted by atomic mass is 10.0. The van der Waals surface area contributed by atoms with Crippen LogP contribution in [0.25, 0.3) is 0 Å². The molecule has 0 aromatic heterocycles. The van der Waals surface area contributed by atoms with Crippen LogP contribution in [0.5, 0.6) is 0 Å². The van der Waals surface area contributed by atoms with Gasteiger partial charge in [0.05, 0.1) is 0 Å². The van der Waals surface area contributed by atoms with Crippen molar-refractivity contribution in [3.63, 3.8) is 0 Å². The molecule has 3 nitrogen and oxygen atoms in total. The van der Waals surface area contributed by atoms with Gasteiger partial charge in [-0.15, -0.1) is 0 Å². The molecule has 0 N–H and O–H groups in total. The molecule has 36 heavy (non-hydrogen) atoms. The second-order valence-corrected chi connectivity index (χ2v) is 16.1. The molecule has 0 saturated carbocycles. The smallest absolute Gasteiger partial charge is 0.334 e. The zero-order valence-corrected chi connectivity index (χ0v) is 26.6. The van der Waals surface area contributed by atoms with Gasteiger partial charge < -0.3 is 9.16 Å². The van der Waals surface area contributed by atoms with Crippen LogP contribution in [-0.4, -0.2) is 26.5 Å². The van der Waals surface area contributed by atoms with Crippen LogP contribution in [-0.2, 0) is 14.0 Å². The lowest BCUT2D eigenvalue weighted by Gasteiger charge is -2.29. The van der Waals surface area contributed by atoms with E-state index in [-0.39, 0.29) is 18.2 Å². The van der Waals surface area contributed by atoms with Gasteiger partial charge in [0.2, 0.25) is 0 Å². The van der Waals surface area contributed by atoms with Crippen molar-refractivity contribution in [1.29, 1.82) is 0 Å². The molecule has 4 heteroatoms. The highest BCUT2D eigenvalue weighted by Gasteiger charge is 2.31. The average Bonchev–Trinajstić information content (AvgIpc) is 2.86. The van der Waals surface area contributed by atoms with Crippen LogP contribution in [0.2, 0.25) is 19.1 Å². The quantitative estimate of drug-likeness (QED) is 0.0606. The van der Waals surface area contributed by atoms with Crippen molar-refractivity contribution in [2.75, 3.05) is 0 Å². The second kappa shape index (κ2) is 25.0. The van der Waals surface area contributed by atoms with E-state index in [4.69, 9.17) is 9.16 Å². The number of esters is 1. The van der Waals surface area contributed by atoms with Crippen molar-refractivity contribution in [3.05, 3.63) is 0 Å². The van der Waals surface area contributed by atoms with E-state index >= 15 is 0 Å². The summed E-state index contributed by atoms with van der Waals surface area (Å²) in [6.07, 6.45) is 27.0. The van der Waals surface area contributed by atoms with E-state index in [1.54, 1.807) is 0 Å². The molecule has 0 spiro atoms. The van der Waals surface area contributed by atoms with E-state index in [1.165, 1.54) is 116 Å². The number of carbonyl (C=O) groups excluding carboxylic acids is 1. The fourth-order valence-corrected chi connectivity index (χ4v) is 7.31. The van der Waals surface area contributed by atoms with Gasteiger partial charge in [0.15, 0.2) is 8.32 Å². The minimum Gasteiger partial charge on any atom is -0.461 e. The Morgan fingerprint density at radius 3 is 1.44 bits per heavy atom. The Morgan fingerprint density at radius 1 is 0.583 bits per heavy atom. The second-order valence-electron chi connectivity index (χ2n) is 11.8. The fraction of sp³-hybridized carbons (Fsp3) is 0.969. The Kier molecular flexibility index (Phi) is 24.7. The maximum absolute atomic E-state index is 13.2. The molecule has 0 rings (SSSR count). The molecule has 0 bridgehead atoms. The van der Waals surface area contributed by atoms with E-state index in [0.29, 0.717) is 0 Å². The highest BCUT2D eigenvalue weighted by molar-refractivity contribution is 6.71. The zero-order valence-electron chi connectivity index (χ0n) is 25.6. The first-order valence-electron chi connectivity index (χ1n) is 16.3. The summed E-state index contributed by atoms with van der Waals surface area (Å²) in [6.45, 7) is 13.5. The summed E-state index contributed by atoms with van der Waals surface area (Å²) >= 11 is 0. The number of ether oxygens (including phenoxy) is 1. The fourth-order valence-electron chi connectivity index (χ4n) is 5.00. The number of rotatable bonds is 27. The van der Waals surface area contributed by atoms with Crippen LogP contribution >= 0.6 is 0 Å². The largest absolute Gasteiger partial charge is 0.461 e. The predicted molar refractivity (Wildman–Crippen MR) is 161 cm³/mol. The monoisotopic (exact) mass is 526 g/mol. The number of unbranched alkanes of at least 4 members (excludes halogenated alkanes) is 16. The molecule has 0 aliphatic heterocycles. The summed E-state index contributed by atoms with van der Waals surface area (Å²) in [4.78, 5) is 13.2. The summed E-state index contributed by atoms with van der Waals surface area (Å²) < 4.78 is 12.6.